The lowest BCUT2D eigenvalue weighted by atomic mass is 9.98. The third-order valence-corrected chi connectivity index (χ3v) is 4.61. The van der Waals surface area contributed by atoms with Gasteiger partial charge < -0.3 is 15.0 Å². The van der Waals surface area contributed by atoms with Gasteiger partial charge in [0.25, 0.3) is 0 Å². The predicted molar refractivity (Wildman–Crippen MR) is 96.2 cm³/mol. The molecule has 0 aliphatic heterocycles. The SMILES string of the molecule is COc1ccc2c(c1)c(C(C)CN)c(C)n2Cc1ccccc1. The van der Waals surface area contributed by atoms with Crippen LogP contribution in [0.5, 0.6) is 5.75 Å². The lowest BCUT2D eigenvalue weighted by Crippen LogP contribution is -2.10. The summed E-state index contributed by atoms with van der Waals surface area (Å²) in [7, 11) is 1.71. The molecule has 1 unspecified atom stereocenters. The van der Waals surface area contributed by atoms with E-state index in [0.717, 1.165) is 12.3 Å². The molecule has 0 spiro atoms. The van der Waals surface area contributed by atoms with Gasteiger partial charge in [0.15, 0.2) is 0 Å². The summed E-state index contributed by atoms with van der Waals surface area (Å²) in [4.78, 5) is 0. The van der Waals surface area contributed by atoms with Gasteiger partial charge in [-0.3, -0.25) is 0 Å². The molecule has 1 heterocycles. The van der Waals surface area contributed by atoms with Gasteiger partial charge in [-0.15, -0.1) is 0 Å². The van der Waals surface area contributed by atoms with Crippen molar-refractivity contribution in [1.29, 1.82) is 0 Å². The number of nitrogens with zero attached hydrogens (tertiary/aromatic N) is 1. The Balaban J connectivity index is 2.19. The number of methoxy groups -OCH3 is 1. The van der Waals surface area contributed by atoms with E-state index >= 15 is 0 Å². The highest BCUT2D eigenvalue weighted by Gasteiger charge is 2.18. The van der Waals surface area contributed by atoms with Crippen LogP contribution in [0.4, 0.5) is 0 Å². The summed E-state index contributed by atoms with van der Waals surface area (Å²) in [6.07, 6.45) is 0. The summed E-state index contributed by atoms with van der Waals surface area (Å²) < 4.78 is 7.80. The molecular weight excluding hydrogens is 284 g/mol. The minimum absolute atomic E-state index is 0.321. The summed E-state index contributed by atoms with van der Waals surface area (Å²) in [5.41, 5.74) is 11.1. The first-order valence-electron chi connectivity index (χ1n) is 8.06. The number of nitrogens with two attached hydrogens (primary N) is 1. The lowest BCUT2D eigenvalue weighted by molar-refractivity contribution is 0.415. The van der Waals surface area contributed by atoms with E-state index in [1.165, 1.54) is 27.7 Å². The predicted octanol–water partition coefficient (Wildman–Crippen LogP) is 4.07. The zero-order valence-electron chi connectivity index (χ0n) is 14.0. The maximum absolute atomic E-state index is 5.96. The quantitative estimate of drug-likeness (QED) is 0.772. The average molecular weight is 308 g/mol. The Hall–Kier alpha value is -2.26. The molecule has 3 nitrogen and oxygen atoms in total. The first-order valence-corrected chi connectivity index (χ1v) is 8.06. The van der Waals surface area contributed by atoms with Crippen LogP contribution in [0.2, 0.25) is 0 Å². The summed E-state index contributed by atoms with van der Waals surface area (Å²) in [5.74, 6) is 1.21. The summed E-state index contributed by atoms with van der Waals surface area (Å²) >= 11 is 0. The first kappa shape index (κ1) is 15.6. The van der Waals surface area contributed by atoms with Crippen LogP contribution in [-0.4, -0.2) is 18.2 Å². The first-order chi connectivity index (χ1) is 11.2. The van der Waals surface area contributed by atoms with Gasteiger partial charge in [0.1, 0.15) is 5.75 Å². The van der Waals surface area contributed by atoms with Crippen LogP contribution in [-0.2, 0) is 6.54 Å². The molecule has 0 amide bonds. The molecule has 3 rings (SSSR count). The number of benzene rings is 2. The van der Waals surface area contributed by atoms with Gasteiger partial charge in [-0.25, -0.2) is 0 Å². The van der Waals surface area contributed by atoms with Crippen molar-refractivity contribution in [3.05, 3.63) is 65.4 Å². The van der Waals surface area contributed by atoms with Crippen molar-refractivity contribution in [2.24, 2.45) is 5.73 Å². The fraction of sp³-hybridized carbons (Fsp3) is 0.300. The fourth-order valence-corrected chi connectivity index (χ4v) is 3.32. The minimum Gasteiger partial charge on any atom is -0.497 e. The number of ether oxygens (including phenoxy) is 1. The molecule has 0 aliphatic carbocycles. The van der Waals surface area contributed by atoms with Crippen LogP contribution >= 0.6 is 0 Å². The van der Waals surface area contributed by atoms with E-state index in [9.17, 15) is 0 Å². The van der Waals surface area contributed by atoms with Crippen molar-refractivity contribution in [1.82, 2.24) is 4.57 Å². The third kappa shape index (κ3) is 2.84. The van der Waals surface area contributed by atoms with Crippen LogP contribution in [0.1, 0.15) is 29.7 Å². The lowest BCUT2D eigenvalue weighted by Gasteiger charge is -2.11. The van der Waals surface area contributed by atoms with Gasteiger partial charge in [0, 0.05) is 23.1 Å². The Kier molecular flexibility index (Phi) is 4.39. The van der Waals surface area contributed by atoms with Gasteiger partial charge in [-0.1, -0.05) is 37.3 Å². The number of aromatic nitrogens is 1. The van der Waals surface area contributed by atoms with Gasteiger partial charge in [0.05, 0.1) is 7.11 Å². The Bertz CT molecular complexity index is 805. The standard InChI is InChI=1S/C20H24N2O/c1-14(12-21)20-15(2)22(13-16-7-5-4-6-8-16)19-10-9-17(23-3)11-18(19)20/h4-11,14H,12-13,21H2,1-3H3. The van der Waals surface area contributed by atoms with Crippen LogP contribution in [0.15, 0.2) is 48.5 Å². The molecule has 0 aliphatic rings. The van der Waals surface area contributed by atoms with E-state index in [2.05, 4.69) is 60.9 Å². The van der Waals surface area contributed by atoms with Gasteiger partial charge in [-0.05, 0) is 48.7 Å². The normalized spacial score (nSPS) is 12.5. The smallest absolute Gasteiger partial charge is 0.119 e. The summed E-state index contributed by atoms with van der Waals surface area (Å²) in [6, 6.07) is 16.9. The molecular formula is C20H24N2O. The zero-order chi connectivity index (χ0) is 16.4. The molecule has 3 aromatic rings. The number of fused-ring (bicyclic) bond motifs is 1. The third-order valence-electron chi connectivity index (χ3n) is 4.61. The second-order valence-electron chi connectivity index (χ2n) is 6.09. The van der Waals surface area contributed by atoms with E-state index in [4.69, 9.17) is 10.5 Å². The van der Waals surface area contributed by atoms with Crippen molar-refractivity contribution >= 4 is 10.9 Å². The molecule has 23 heavy (non-hydrogen) atoms. The van der Waals surface area contributed by atoms with Gasteiger partial charge in [0.2, 0.25) is 0 Å². The van der Waals surface area contributed by atoms with E-state index < -0.39 is 0 Å². The van der Waals surface area contributed by atoms with Crippen molar-refractivity contribution in [3.8, 4) is 5.75 Å². The maximum atomic E-state index is 5.96. The molecule has 2 N–H and O–H groups in total. The number of hydrogen-bond acceptors (Lipinski definition) is 2. The number of rotatable bonds is 5. The second-order valence-corrected chi connectivity index (χ2v) is 6.09. The average Bonchev–Trinajstić information content (AvgIpc) is 2.86. The van der Waals surface area contributed by atoms with Crippen LogP contribution in [0.3, 0.4) is 0 Å². The molecule has 0 bridgehead atoms. The zero-order valence-corrected chi connectivity index (χ0v) is 14.0. The highest BCUT2D eigenvalue weighted by molar-refractivity contribution is 5.87. The van der Waals surface area contributed by atoms with Crippen molar-refractivity contribution in [2.45, 2.75) is 26.3 Å². The Labute approximate surface area is 137 Å². The topological polar surface area (TPSA) is 40.2 Å². The maximum Gasteiger partial charge on any atom is 0.119 e. The monoisotopic (exact) mass is 308 g/mol. The highest BCUT2D eigenvalue weighted by atomic mass is 16.5. The van der Waals surface area contributed by atoms with Gasteiger partial charge in [-0.2, -0.15) is 0 Å². The van der Waals surface area contributed by atoms with E-state index in [-0.39, 0.29) is 0 Å². The van der Waals surface area contributed by atoms with Crippen molar-refractivity contribution < 1.29 is 4.74 Å². The summed E-state index contributed by atoms with van der Waals surface area (Å²) in [5, 5.41) is 1.25. The van der Waals surface area contributed by atoms with E-state index in [1.54, 1.807) is 7.11 Å². The molecule has 120 valence electrons. The van der Waals surface area contributed by atoms with E-state index in [0.29, 0.717) is 12.5 Å². The van der Waals surface area contributed by atoms with Crippen molar-refractivity contribution in [3.63, 3.8) is 0 Å². The van der Waals surface area contributed by atoms with Crippen LogP contribution < -0.4 is 10.5 Å². The van der Waals surface area contributed by atoms with E-state index in [1.807, 2.05) is 6.07 Å². The Morgan fingerprint density at radius 2 is 1.87 bits per heavy atom. The molecule has 0 saturated heterocycles. The Morgan fingerprint density at radius 1 is 1.13 bits per heavy atom. The summed E-state index contributed by atoms with van der Waals surface area (Å²) in [6.45, 7) is 5.89. The highest BCUT2D eigenvalue weighted by Crippen LogP contribution is 2.34. The molecule has 3 heteroatoms. The second kappa shape index (κ2) is 6.47. The van der Waals surface area contributed by atoms with Gasteiger partial charge >= 0.3 is 0 Å². The minimum atomic E-state index is 0.321. The molecule has 0 saturated carbocycles. The molecule has 1 aromatic heterocycles. The van der Waals surface area contributed by atoms with Crippen LogP contribution in [0, 0.1) is 6.92 Å². The van der Waals surface area contributed by atoms with Crippen LogP contribution in [0.25, 0.3) is 10.9 Å². The number of hydrogen-bond donors (Lipinski definition) is 1. The fourth-order valence-electron chi connectivity index (χ4n) is 3.32. The largest absolute Gasteiger partial charge is 0.497 e. The Morgan fingerprint density at radius 3 is 2.52 bits per heavy atom. The molecule has 1 atom stereocenters. The molecule has 0 fully saturated rings. The van der Waals surface area contributed by atoms with Crippen molar-refractivity contribution in [2.75, 3.05) is 13.7 Å². The molecule has 2 aromatic carbocycles. The molecule has 0 radical (unpaired) electrons.